The number of nitrogens with one attached hydrogen (secondary N) is 1. The minimum absolute atomic E-state index is 0. The Balaban J connectivity index is 0.00000112. The van der Waals surface area contributed by atoms with Gasteiger partial charge in [0.05, 0.1) is 5.69 Å². The molecule has 84 valence electrons. The van der Waals surface area contributed by atoms with E-state index in [2.05, 4.69) is 15.5 Å². The van der Waals surface area contributed by atoms with E-state index in [1.807, 2.05) is 6.07 Å². The Bertz CT molecular complexity index is 288. The predicted molar refractivity (Wildman–Crippen MR) is 58.9 cm³/mol. The molecule has 0 amide bonds. The second-order valence-electron chi connectivity index (χ2n) is 3.79. The van der Waals surface area contributed by atoms with Crippen molar-refractivity contribution in [3.8, 4) is 0 Å². The van der Waals surface area contributed by atoms with E-state index < -0.39 is 5.67 Å². The van der Waals surface area contributed by atoms with Crippen molar-refractivity contribution < 1.29 is 4.39 Å². The highest BCUT2D eigenvalue weighted by Crippen LogP contribution is 2.26. The van der Waals surface area contributed by atoms with Crippen LogP contribution in [0.15, 0.2) is 18.3 Å². The number of hydrogen-bond acceptors (Lipinski definition) is 3. The van der Waals surface area contributed by atoms with Crippen LogP contribution in [0.3, 0.4) is 0 Å². The smallest absolute Gasteiger partial charge is 0.119 e. The SMILES string of the molecule is Cl.FC1(Cc2cccnn2)CCNCC1. The summed E-state index contributed by atoms with van der Waals surface area (Å²) in [5, 5.41) is 10.8. The van der Waals surface area contributed by atoms with Crippen molar-refractivity contribution in [2.45, 2.75) is 24.9 Å². The molecule has 1 saturated heterocycles. The molecule has 0 aliphatic carbocycles. The molecule has 0 saturated carbocycles. The Labute approximate surface area is 94.9 Å². The van der Waals surface area contributed by atoms with Crippen molar-refractivity contribution in [1.82, 2.24) is 15.5 Å². The number of alkyl halides is 1. The maximum atomic E-state index is 14.2. The lowest BCUT2D eigenvalue weighted by Crippen LogP contribution is -2.40. The number of nitrogens with zero attached hydrogens (tertiary/aromatic N) is 2. The molecule has 1 aromatic rings. The normalized spacial score (nSPS) is 19.3. The molecule has 5 heteroatoms. The summed E-state index contributed by atoms with van der Waals surface area (Å²) in [6, 6.07) is 3.63. The fourth-order valence-corrected chi connectivity index (χ4v) is 1.80. The molecule has 0 unspecified atom stereocenters. The van der Waals surface area contributed by atoms with Gasteiger partial charge in [-0.2, -0.15) is 10.2 Å². The summed E-state index contributed by atoms with van der Waals surface area (Å²) in [6.45, 7) is 1.52. The van der Waals surface area contributed by atoms with Crippen molar-refractivity contribution in [2.24, 2.45) is 0 Å². The fourth-order valence-electron chi connectivity index (χ4n) is 1.80. The summed E-state index contributed by atoms with van der Waals surface area (Å²) in [7, 11) is 0. The third-order valence-electron chi connectivity index (χ3n) is 2.63. The van der Waals surface area contributed by atoms with E-state index in [1.54, 1.807) is 12.3 Å². The lowest BCUT2D eigenvalue weighted by molar-refractivity contribution is 0.115. The molecular weight excluding hydrogens is 217 g/mol. The first-order valence-electron chi connectivity index (χ1n) is 4.95. The zero-order valence-electron chi connectivity index (χ0n) is 8.45. The third kappa shape index (κ3) is 3.39. The van der Waals surface area contributed by atoms with E-state index in [4.69, 9.17) is 0 Å². The van der Waals surface area contributed by atoms with Gasteiger partial charge in [0.1, 0.15) is 5.67 Å². The topological polar surface area (TPSA) is 37.8 Å². The molecule has 1 aromatic heterocycles. The predicted octanol–water partition coefficient (Wildman–Crippen LogP) is 1.53. The number of halogens is 2. The van der Waals surface area contributed by atoms with Crippen LogP contribution in [0, 0.1) is 0 Å². The molecule has 1 N–H and O–H groups in total. The second kappa shape index (κ2) is 5.37. The van der Waals surface area contributed by atoms with E-state index in [0.29, 0.717) is 19.3 Å². The minimum Gasteiger partial charge on any atom is -0.316 e. The van der Waals surface area contributed by atoms with Gasteiger partial charge in [-0.05, 0) is 38.1 Å². The molecule has 0 radical (unpaired) electrons. The van der Waals surface area contributed by atoms with Crippen LogP contribution in [0.2, 0.25) is 0 Å². The average Bonchev–Trinajstić information content (AvgIpc) is 2.19. The maximum absolute atomic E-state index is 14.2. The Kier molecular flexibility index (Phi) is 4.42. The van der Waals surface area contributed by atoms with Gasteiger partial charge < -0.3 is 5.32 Å². The van der Waals surface area contributed by atoms with Gasteiger partial charge in [0.15, 0.2) is 0 Å². The summed E-state index contributed by atoms with van der Waals surface area (Å²) in [5.74, 6) is 0. The molecular formula is C10H15ClFN3. The van der Waals surface area contributed by atoms with Gasteiger partial charge in [0.2, 0.25) is 0 Å². The lowest BCUT2D eigenvalue weighted by Gasteiger charge is -2.29. The molecule has 1 aliphatic rings. The summed E-state index contributed by atoms with van der Waals surface area (Å²) in [4.78, 5) is 0. The average molecular weight is 232 g/mol. The van der Waals surface area contributed by atoms with Crippen molar-refractivity contribution in [3.63, 3.8) is 0 Å². The molecule has 1 aliphatic heterocycles. The number of piperidine rings is 1. The maximum Gasteiger partial charge on any atom is 0.119 e. The Hall–Kier alpha value is -0.740. The fraction of sp³-hybridized carbons (Fsp3) is 0.600. The Morgan fingerprint density at radius 2 is 2.13 bits per heavy atom. The van der Waals surface area contributed by atoms with E-state index in [9.17, 15) is 4.39 Å². The summed E-state index contributed by atoms with van der Waals surface area (Å²) in [5.41, 5.74) is -0.335. The molecule has 2 heterocycles. The standard InChI is InChI=1S/C10H14FN3.ClH/c11-10(3-6-12-7-4-10)8-9-2-1-5-13-14-9;/h1-2,5,12H,3-4,6-8H2;1H. The number of hydrogen-bond donors (Lipinski definition) is 1. The molecule has 2 rings (SSSR count). The van der Waals surface area contributed by atoms with Gasteiger partial charge in [-0.1, -0.05) is 0 Å². The highest BCUT2D eigenvalue weighted by atomic mass is 35.5. The minimum atomic E-state index is -1.08. The molecule has 0 aromatic carbocycles. The monoisotopic (exact) mass is 231 g/mol. The van der Waals surface area contributed by atoms with Crippen molar-refractivity contribution in [2.75, 3.05) is 13.1 Å². The Morgan fingerprint density at radius 3 is 2.73 bits per heavy atom. The molecule has 0 bridgehead atoms. The van der Waals surface area contributed by atoms with E-state index in [0.717, 1.165) is 18.8 Å². The van der Waals surface area contributed by atoms with Crippen LogP contribution in [-0.4, -0.2) is 29.0 Å². The third-order valence-corrected chi connectivity index (χ3v) is 2.63. The zero-order chi connectivity index (χ0) is 9.86. The lowest BCUT2D eigenvalue weighted by atomic mass is 9.90. The highest BCUT2D eigenvalue weighted by molar-refractivity contribution is 5.85. The van der Waals surface area contributed by atoms with Crippen molar-refractivity contribution >= 4 is 12.4 Å². The van der Waals surface area contributed by atoms with Crippen molar-refractivity contribution in [3.05, 3.63) is 24.0 Å². The number of aromatic nitrogens is 2. The molecule has 0 spiro atoms. The molecule has 1 fully saturated rings. The van der Waals surface area contributed by atoms with Gasteiger partial charge in [0.25, 0.3) is 0 Å². The van der Waals surface area contributed by atoms with Crippen LogP contribution in [0.5, 0.6) is 0 Å². The van der Waals surface area contributed by atoms with E-state index in [-0.39, 0.29) is 12.4 Å². The van der Waals surface area contributed by atoms with Crippen LogP contribution in [0.1, 0.15) is 18.5 Å². The summed E-state index contributed by atoms with van der Waals surface area (Å²) in [6.07, 6.45) is 3.15. The largest absolute Gasteiger partial charge is 0.316 e. The van der Waals surface area contributed by atoms with Crippen LogP contribution in [0.4, 0.5) is 4.39 Å². The van der Waals surface area contributed by atoms with Gasteiger partial charge in [0, 0.05) is 12.6 Å². The molecule has 3 nitrogen and oxygen atoms in total. The zero-order valence-corrected chi connectivity index (χ0v) is 9.26. The van der Waals surface area contributed by atoms with Gasteiger partial charge in [-0.3, -0.25) is 0 Å². The van der Waals surface area contributed by atoms with E-state index >= 15 is 0 Å². The molecule has 0 atom stereocenters. The van der Waals surface area contributed by atoms with Crippen molar-refractivity contribution in [1.29, 1.82) is 0 Å². The van der Waals surface area contributed by atoms with Crippen LogP contribution < -0.4 is 5.32 Å². The first-order chi connectivity index (χ1) is 6.79. The number of rotatable bonds is 2. The first-order valence-corrected chi connectivity index (χ1v) is 4.95. The summed E-state index contributed by atoms with van der Waals surface area (Å²) >= 11 is 0. The van der Waals surface area contributed by atoms with Gasteiger partial charge in [-0.15, -0.1) is 12.4 Å². The van der Waals surface area contributed by atoms with Crippen LogP contribution in [0.25, 0.3) is 0 Å². The van der Waals surface area contributed by atoms with Crippen LogP contribution in [-0.2, 0) is 6.42 Å². The highest BCUT2D eigenvalue weighted by Gasteiger charge is 2.32. The quantitative estimate of drug-likeness (QED) is 0.839. The summed E-state index contributed by atoms with van der Waals surface area (Å²) < 4.78 is 14.2. The van der Waals surface area contributed by atoms with E-state index in [1.165, 1.54) is 0 Å². The van der Waals surface area contributed by atoms with Crippen LogP contribution >= 0.6 is 12.4 Å². The second-order valence-corrected chi connectivity index (χ2v) is 3.79. The molecule has 15 heavy (non-hydrogen) atoms. The van der Waals surface area contributed by atoms with Gasteiger partial charge in [-0.25, -0.2) is 4.39 Å². The Morgan fingerprint density at radius 1 is 1.40 bits per heavy atom. The van der Waals surface area contributed by atoms with Gasteiger partial charge >= 0.3 is 0 Å². The first kappa shape index (κ1) is 12.3.